The van der Waals surface area contributed by atoms with Crippen LogP contribution in [-0.4, -0.2) is 56.0 Å². The van der Waals surface area contributed by atoms with Crippen LogP contribution in [0, 0.1) is 0 Å². The molecule has 1 unspecified atom stereocenters. The van der Waals surface area contributed by atoms with Crippen LogP contribution in [0.1, 0.15) is 0 Å². The molecule has 1 rings (SSSR count). The summed E-state index contributed by atoms with van der Waals surface area (Å²) < 4.78 is 5.08. The van der Waals surface area contributed by atoms with E-state index >= 15 is 0 Å². The van der Waals surface area contributed by atoms with E-state index < -0.39 is 0 Å². The van der Waals surface area contributed by atoms with Crippen molar-refractivity contribution < 1.29 is 4.74 Å². The smallest absolute Gasteiger partial charge is 0.160 e. The quantitative estimate of drug-likeness (QED) is 0.602. The Morgan fingerprint density at radius 2 is 2.08 bits per heavy atom. The molecule has 0 fully saturated rings. The van der Waals surface area contributed by atoms with Crippen molar-refractivity contribution in [2.24, 2.45) is 0 Å². The molecule has 1 heterocycles. The van der Waals surface area contributed by atoms with Gasteiger partial charge in [0, 0.05) is 26.6 Å². The Morgan fingerprint density at radius 3 is 2.58 bits per heavy atom. The minimum absolute atomic E-state index is 0.282. The molecule has 0 bridgehead atoms. The Balaban J connectivity index is 2.56. The van der Waals surface area contributed by atoms with Crippen molar-refractivity contribution >= 4 is 0 Å². The molecule has 1 aliphatic rings. The second-order valence-electron chi connectivity index (χ2n) is 3.21. The molecule has 0 amide bonds. The minimum Gasteiger partial charge on any atom is -0.364 e. The molecule has 4 nitrogen and oxygen atoms in total. The molecule has 0 aromatic heterocycles. The summed E-state index contributed by atoms with van der Waals surface area (Å²) in [6, 6.07) is 0. The highest BCUT2D eigenvalue weighted by Gasteiger charge is 2.24. The molecule has 0 spiro atoms. The van der Waals surface area contributed by atoms with Crippen LogP contribution in [-0.2, 0) is 4.74 Å². The van der Waals surface area contributed by atoms with Crippen molar-refractivity contribution in [3.05, 3.63) is 12.4 Å². The zero-order valence-corrected chi connectivity index (χ0v) is 8.19. The molecule has 70 valence electrons. The van der Waals surface area contributed by atoms with Crippen molar-refractivity contribution in [3.63, 3.8) is 0 Å². The van der Waals surface area contributed by atoms with Crippen LogP contribution in [0.25, 0.3) is 0 Å². The van der Waals surface area contributed by atoms with Gasteiger partial charge in [0.25, 0.3) is 0 Å². The zero-order valence-electron chi connectivity index (χ0n) is 8.19. The van der Waals surface area contributed by atoms with Gasteiger partial charge in [-0.2, -0.15) is 0 Å². The molecule has 0 saturated carbocycles. The maximum atomic E-state index is 5.08. The first-order valence-electron chi connectivity index (χ1n) is 3.98. The van der Waals surface area contributed by atoms with E-state index in [2.05, 4.69) is 35.8 Å². The Morgan fingerprint density at radius 1 is 1.42 bits per heavy atom. The third kappa shape index (κ3) is 1.70. The number of hydrogen-bond donors (Lipinski definition) is 0. The first-order valence-corrected chi connectivity index (χ1v) is 3.98. The predicted octanol–water partition coefficient (Wildman–Crippen LogP) is 0.154. The highest BCUT2D eigenvalue weighted by Crippen LogP contribution is 2.14. The monoisotopic (exact) mass is 171 g/mol. The summed E-state index contributed by atoms with van der Waals surface area (Å²) in [6.07, 6.45) is 4.36. The number of rotatable bonds is 3. The molecule has 1 atom stereocenters. The summed E-state index contributed by atoms with van der Waals surface area (Å²) in [6.45, 7) is 0.629. The van der Waals surface area contributed by atoms with Crippen molar-refractivity contribution in [1.29, 1.82) is 0 Å². The van der Waals surface area contributed by atoms with Gasteiger partial charge >= 0.3 is 0 Å². The van der Waals surface area contributed by atoms with Gasteiger partial charge in [-0.3, -0.25) is 4.90 Å². The number of hydrogen-bond acceptors (Lipinski definition) is 4. The largest absolute Gasteiger partial charge is 0.364 e. The van der Waals surface area contributed by atoms with Crippen LogP contribution >= 0.6 is 0 Å². The van der Waals surface area contributed by atoms with Crippen molar-refractivity contribution in [1.82, 2.24) is 14.7 Å². The van der Waals surface area contributed by atoms with E-state index in [0.29, 0.717) is 6.73 Å². The minimum atomic E-state index is 0.282. The summed E-state index contributed by atoms with van der Waals surface area (Å²) in [5.74, 6) is 0. The molecule has 0 radical (unpaired) electrons. The van der Waals surface area contributed by atoms with Gasteiger partial charge in [0.05, 0.1) is 0 Å². The molecule has 0 aromatic carbocycles. The van der Waals surface area contributed by atoms with E-state index in [1.807, 2.05) is 12.4 Å². The predicted molar refractivity (Wildman–Crippen MR) is 48.1 cm³/mol. The molecular formula is C8H17N3O. The topological polar surface area (TPSA) is 19.0 Å². The summed E-state index contributed by atoms with van der Waals surface area (Å²) in [5.41, 5.74) is 0. The van der Waals surface area contributed by atoms with Crippen LogP contribution in [0.3, 0.4) is 0 Å². The molecular weight excluding hydrogens is 154 g/mol. The van der Waals surface area contributed by atoms with Gasteiger partial charge in [0.15, 0.2) is 6.29 Å². The second-order valence-corrected chi connectivity index (χ2v) is 3.21. The van der Waals surface area contributed by atoms with Gasteiger partial charge in [-0.1, -0.05) is 0 Å². The molecule has 0 aromatic rings. The molecule has 1 aliphatic heterocycles. The van der Waals surface area contributed by atoms with E-state index in [-0.39, 0.29) is 6.29 Å². The molecule has 0 N–H and O–H groups in total. The van der Waals surface area contributed by atoms with Crippen molar-refractivity contribution in [3.8, 4) is 0 Å². The number of ether oxygens (including phenoxy) is 1. The lowest BCUT2D eigenvalue weighted by Gasteiger charge is -2.34. The van der Waals surface area contributed by atoms with Gasteiger partial charge in [-0.15, -0.1) is 0 Å². The van der Waals surface area contributed by atoms with E-state index in [4.69, 9.17) is 4.74 Å². The lowest BCUT2D eigenvalue weighted by atomic mass is 10.6. The van der Waals surface area contributed by atoms with E-state index in [1.165, 1.54) is 0 Å². The maximum absolute atomic E-state index is 5.08. The molecule has 4 heteroatoms. The fourth-order valence-corrected chi connectivity index (χ4v) is 1.50. The summed E-state index contributed by atoms with van der Waals surface area (Å²) >= 11 is 0. The molecule has 0 aliphatic carbocycles. The lowest BCUT2D eigenvalue weighted by Crippen LogP contribution is -2.47. The van der Waals surface area contributed by atoms with E-state index in [9.17, 15) is 0 Å². The SMILES string of the molecule is COCN1C=CN(C)C1N(C)C. The average Bonchev–Trinajstić information content (AvgIpc) is 2.32. The number of nitrogens with zero attached hydrogens (tertiary/aromatic N) is 3. The van der Waals surface area contributed by atoms with Gasteiger partial charge in [0.1, 0.15) is 6.73 Å². The Hall–Kier alpha value is -0.740. The summed E-state index contributed by atoms with van der Waals surface area (Å²) in [5, 5.41) is 0. The third-order valence-corrected chi connectivity index (χ3v) is 1.89. The highest BCUT2D eigenvalue weighted by atomic mass is 16.5. The van der Waals surface area contributed by atoms with Gasteiger partial charge in [-0.25, -0.2) is 0 Å². The first-order chi connectivity index (χ1) is 5.66. The Bertz CT molecular complexity index is 170. The fourth-order valence-electron chi connectivity index (χ4n) is 1.50. The van der Waals surface area contributed by atoms with Crippen LogP contribution < -0.4 is 0 Å². The van der Waals surface area contributed by atoms with Crippen LogP contribution in [0.15, 0.2) is 12.4 Å². The Labute approximate surface area is 74.0 Å². The first kappa shape index (κ1) is 9.35. The molecule has 0 saturated heterocycles. The normalized spacial score (nSPS) is 22.9. The summed E-state index contributed by atoms with van der Waals surface area (Å²) in [4.78, 5) is 6.40. The van der Waals surface area contributed by atoms with Crippen LogP contribution in [0.2, 0.25) is 0 Å². The van der Waals surface area contributed by atoms with Crippen molar-refractivity contribution in [2.75, 3.05) is 35.0 Å². The lowest BCUT2D eigenvalue weighted by molar-refractivity contribution is -0.0204. The average molecular weight is 171 g/mol. The standard InChI is InChI=1S/C8H17N3O/c1-9(2)8-10(3)5-6-11(8)7-12-4/h5-6,8H,7H2,1-4H3. The third-order valence-electron chi connectivity index (χ3n) is 1.89. The van der Waals surface area contributed by atoms with Crippen LogP contribution in [0.4, 0.5) is 0 Å². The zero-order chi connectivity index (χ0) is 9.14. The number of methoxy groups -OCH3 is 1. The van der Waals surface area contributed by atoms with E-state index in [1.54, 1.807) is 7.11 Å². The van der Waals surface area contributed by atoms with Crippen LogP contribution in [0.5, 0.6) is 0 Å². The second kappa shape index (κ2) is 3.78. The highest BCUT2D eigenvalue weighted by molar-refractivity contribution is 4.93. The maximum Gasteiger partial charge on any atom is 0.160 e. The summed E-state index contributed by atoms with van der Waals surface area (Å²) in [7, 11) is 7.86. The van der Waals surface area contributed by atoms with Crippen molar-refractivity contribution in [2.45, 2.75) is 6.29 Å². The Kier molecular flexibility index (Phi) is 2.94. The molecule has 12 heavy (non-hydrogen) atoms. The van der Waals surface area contributed by atoms with E-state index in [0.717, 1.165) is 0 Å². The van der Waals surface area contributed by atoms with Gasteiger partial charge < -0.3 is 14.5 Å². The van der Waals surface area contributed by atoms with Gasteiger partial charge in [0.2, 0.25) is 0 Å². The fraction of sp³-hybridized carbons (Fsp3) is 0.750. The van der Waals surface area contributed by atoms with Gasteiger partial charge in [-0.05, 0) is 14.1 Å².